The molecule has 0 heteroatoms. The van der Waals surface area contributed by atoms with Crippen LogP contribution in [0.25, 0.3) is 0 Å². The zero-order valence-corrected chi connectivity index (χ0v) is 10.5. The molecule has 1 unspecified atom stereocenters. The summed E-state index contributed by atoms with van der Waals surface area (Å²) in [5, 5.41) is 0. The van der Waals surface area contributed by atoms with Crippen molar-refractivity contribution < 1.29 is 0 Å². The predicted molar refractivity (Wildman–Crippen MR) is 66.7 cm³/mol. The van der Waals surface area contributed by atoms with Gasteiger partial charge in [0.1, 0.15) is 0 Å². The van der Waals surface area contributed by atoms with E-state index in [4.69, 9.17) is 0 Å². The Morgan fingerprint density at radius 3 is 2.87 bits per heavy atom. The number of fused-ring (bicyclic) bond motifs is 1. The minimum Gasteiger partial charge on any atom is -0.0999 e. The highest BCUT2D eigenvalue weighted by atomic mass is 14.5. The smallest absolute Gasteiger partial charge is 0.0146 e. The van der Waals surface area contributed by atoms with Crippen LogP contribution in [0.1, 0.15) is 52.9 Å². The molecule has 0 aliphatic heterocycles. The van der Waals surface area contributed by atoms with Crippen molar-refractivity contribution >= 4 is 0 Å². The van der Waals surface area contributed by atoms with Crippen LogP contribution in [0.15, 0.2) is 23.8 Å². The lowest BCUT2D eigenvalue weighted by atomic mass is 9.57. The van der Waals surface area contributed by atoms with E-state index in [9.17, 15) is 0 Å². The molecule has 0 spiro atoms. The molecule has 2 aliphatic carbocycles. The summed E-state index contributed by atoms with van der Waals surface area (Å²) in [4.78, 5) is 0. The molecule has 0 aromatic heterocycles. The average Bonchev–Trinajstić information content (AvgIpc) is 2.17. The molecule has 1 fully saturated rings. The van der Waals surface area contributed by atoms with Gasteiger partial charge in [0.25, 0.3) is 0 Å². The normalized spacial score (nSPS) is 40.6. The number of rotatable bonds is 1. The van der Waals surface area contributed by atoms with Gasteiger partial charge in [-0.1, -0.05) is 30.7 Å². The lowest BCUT2D eigenvalue weighted by Gasteiger charge is -2.47. The molecular formula is C15H24. The van der Waals surface area contributed by atoms with Crippen LogP contribution < -0.4 is 0 Å². The molecule has 0 radical (unpaired) electrons. The SMILES string of the molecule is C=C(C)[C@@H]1CC[C@]2(C)CCC=C(C)C2C1. The predicted octanol–water partition coefficient (Wildman–Crippen LogP) is 4.73. The Hall–Kier alpha value is -0.520. The molecule has 0 saturated heterocycles. The first kappa shape index (κ1) is 11.0. The zero-order valence-electron chi connectivity index (χ0n) is 10.5. The van der Waals surface area contributed by atoms with Crippen LogP contribution in [0.5, 0.6) is 0 Å². The van der Waals surface area contributed by atoms with Gasteiger partial charge in [-0.2, -0.15) is 0 Å². The minimum atomic E-state index is 0.602. The molecule has 84 valence electrons. The Bertz CT molecular complexity index is 297. The highest BCUT2D eigenvalue weighted by Crippen LogP contribution is 2.52. The summed E-state index contributed by atoms with van der Waals surface area (Å²) in [7, 11) is 0. The standard InChI is InChI=1S/C15H24/c1-11(2)13-7-9-15(4)8-5-6-12(3)14(15)10-13/h6,13-14H,1,5,7-10H2,2-4H3/t13-,14?,15+/m1/s1. The molecule has 0 bridgehead atoms. The van der Waals surface area contributed by atoms with Gasteiger partial charge in [-0.15, -0.1) is 0 Å². The molecule has 0 amide bonds. The minimum absolute atomic E-state index is 0.602. The van der Waals surface area contributed by atoms with Crippen molar-refractivity contribution in [2.45, 2.75) is 52.9 Å². The summed E-state index contributed by atoms with van der Waals surface area (Å²) >= 11 is 0. The molecule has 3 atom stereocenters. The van der Waals surface area contributed by atoms with Crippen LogP contribution in [0, 0.1) is 17.3 Å². The topological polar surface area (TPSA) is 0 Å². The molecule has 2 aliphatic rings. The number of hydrogen-bond donors (Lipinski definition) is 0. The fourth-order valence-corrected chi connectivity index (χ4v) is 3.62. The lowest BCUT2D eigenvalue weighted by Crippen LogP contribution is -2.37. The second kappa shape index (κ2) is 3.81. The largest absolute Gasteiger partial charge is 0.0999 e. The highest BCUT2D eigenvalue weighted by molar-refractivity contribution is 5.16. The van der Waals surface area contributed by atoms with E-state index in [1.165, 1.54) is 37.7 Å². The summed E-state index contributed by atoms with van der Waals surface area (Å²) < 4.78 is 0. The molecular weight excluding hydrogens is 180 g/mol. The van der Waals surface area contributed by atoms with E-state index in [2.05, 4.69) is 33.4 Å². The summed E-state index contributed by atoms with van der Waals surface area (Å²) in [5.41, 5.74) is 3.65. The Kier molecular flexibility index (Phi) is 2.79. The van der Waals surface area contributed by atoms with E-state index in [0.717, 1.165) is 11.8 Å². The Morgan fingerprint density at radius 2 is 2.20 bits per heavy atom. The fourth-order valence-electron chi connectivity index (χ4n) is 3.62. The van der Waals surface area contributed by atoms with E-state index in [0.29, 0.717) is 5.41 Å². The first-order chi connectivity index (χ1) is 7.03. The first-order valence-electron chi connectivity index (χ1n) is 6.35. The van der Waals surface area contributed by atoms with E-state index >= 15 is 0 Å². The van der Waals surface area contributed by atoms with Crippen LogP contribution in [-0.2, 0) is 0 Å². The van der Waals surface area contributed by atoms with Crippen LogP contribution in [0.2, 0.25) is 0 Å². The van der Waals surface area contributed by atoms with Gasteiger partial charge in [0.2, 0.25) is 0 Å². The third kappa shape index (κ3) is 1.91. The third-order valence-corrected chi connectivity index (χ3v) is 4.85. The van der Waals surface area contributed by atoms with E-state index in [1.54, 1.807) is 5.57 Å². The summed E-state index contributed by atoms with van der Waals surface area (Å²) in [6.07, 6.45) is 9.30. The van der Waals surface area contributed by atoms with Gasteiger partial charge >= 0.3 is 0 Å². The lowest BCUT2D eigenvalue weighted by molar-refractivity contribution is 0.0981. The molecule has 0 aromatic carbocycles. The van der Waals surface area contributed by atoms with Crippen molar-refractivity contribution in [2.75, 3.05) is 0 Å². The summed E-state index contributed by atoms with van der Waals surface area (Å²) in [6.45, 7) is 11.2. The molecule has 1 saturated carbocycles. The molecule has 0 N–H and O–H groups in total. The van der Waals surface area contributed by atoms with Crippen molar-refractivity contribution in [2.24, 2.45) is 17.3 Å². The van der Waals surface area contributed by atoms with Crippen molar-refractivity contribution in [1.82, 2.24) is 0 Å². The van der Waals surface area contributed by atoms with Crippen LogP contribution in [0.4, 0.5) is 0 Å². The quantitative estimate of drug-likeness (QED) is 0.542. The maximum absolute atomic E-state index is 4.14. The van der Waals surface area contributed by atoms with Crippen LogP contribution in [-0.4, -0.2) is 0 Å². The second-order valence-corrected chi connectivity index (χ2v) is 6.01. The van der Waals surface area contributed by atoms with Gasteiger partial charge in [-0.3, -0.25) is 0 Å². The Labute approximate surface area is 94.5 Å². The second-order valence-electron chi connectivity index (χ2n) is 6.01. The molecule has 2 rings (SSSR count). The molecule has 15 heavy (non-hydrogen) atoms. The van der Waals surface area contributed by atoms with Gasteiger partial charge in [-0.05, 0) is 63.2 Å². The summed E-state index contributed by atoms with van der Waals surface area (Å²) in [5.74, 6) is 1.62. The Balaban J connectivity index is 2.19. The van der Waals surface area contributed by atoms with Crippen LogP contribution >= 0.6 is 0 Å². The van der Waals surface area contributed by atoms with Gasteiger partial charge in [0, 0.05) is 0 Å². The number of hydrogen-bond acceptors (Lipinski definition) is 0. The van der Waals surface area contributed by atoms with Crippen molar-refractivity contribution in [3.63, 3.8) is 0 Å². The van der Waals surface area contributed by atoms with Gasteiger partial charge in [-0.25, -0.2) is 0 Å². The molecule has 0 nitrogen and oxygen atoms in total. The number of allylic oxidation sites excluding steroid dienone is 3. The maximum atomic E-state index is 4.14. The van der Waals surface area contributed by atoms with Crippen molar-refractivity contribution in [3.05, 3.63) is 23.8 Å². The monoisotopic (exact) mass is 204 g/mol. The fraction of sp³-hybridized carbons (Fsp3) is 0.733. The van der Waals surface area contributed by atoms with Gasteiger partial charge < -0.3 is 0 Å². The maximum Gasteiger partial charge on any atom is -0.0146 e. The average molecular weight is 204 g/mol. The van der Waals surface area contributed by atoms with E-state index < -0.39 is 0 Å². The summed E-state index contributed by atoms with van der Waals surface area (Å²) in [6, 6.07) is 0. The van der Waals surface area contributed by atoms with Crippen LogP contribution in [0.3, 0.4) is 0 Å². The van der Waals surface area contributed by atoms with Crippen molar-refractivity contribution in [1.29, 1.82) is 0 Å². The van der Waals surface area contributed by atoms with E-state index in [-0.39, 0.29) is 0 Å². The highest BCUT2D eigenvalue weighted by Gasteiger charge is 2.41. The van der Waals surface area contributed by atoms with E-state index in [1.807, 2.05) is 0 Å². The Morgan fingerprint density at radius 1 is 1.47 bits per heavy atom. The third-order valence-electron chi connectivity index (χ3n) is 4.85. The van der Waals surface area contributed by atoms with Crippen molar-refractivity contribution in [3.8, 4) is 0 Å². The molecule has 0 aromatic rings. The zero-order chi connectivity index (χ0) is 11.1. The van der Waals surface area contributed by atoms with Gasteiger partial charge in [0.15, 0.2) is 0 Å². The first-order valence-corrected chi connectivity index (χ1v) is 6.35. The van der Waals surface area contributed by atoms with Gasteiger partial charge in [0.05, 0.1) is 0 Å². The molecule has 0 heterocycles.